The van der Waals surface area contributed by atoms with Gasteiger partial charge in [-0.2, -0.15) is 0 Å². The minimum atomic E-state index is 0.538. The van der Waals surface area contributed by atoms with Gasteiger partial charge in [0, 0.05) is 5.54 Å². The zero-order valence-corrected chi connectivity index (χ0v) is 8.90. The fraction of sp³-hybridized carbons (Fsp3) is 1.00. The monoisotopic (exact) mass is 169 g/mol. The van der Waals surface area contributed by atoms with Gasteiger partial charge in [-0.1, -0.05) is 32.6 Å². The van der Waals surface area contributed by atoms with Crippen LogP contribution >= 0.6 is 0 Å². The molecular weight excluding hydrogens is 146 g/mol. The van der Waals surface area contributed by atoms with Crippen molar-refractivity contribution in [3.63, 3.8) is 0 Å². The van der Waals surface area contributed by atoms with Gasteiger partial charge in [-0.05, 0) is 33.4 Å². The fourth-order valence-corrected chi connectivity index (χ4v) is 2.50. The van der Waals surface area contributed by atoms with Crippen LogP contribution in [0.3, 0.4) is 0 Å². The summed E-state index contributed by atoms with van der Waals surface area (Å²) < 4.78 is 0. The predicted octanol–water partition coefficient (Wildman–Crippen LogP) is 3.05. The van der Waals surface area contributed by atoms with Crippen molar-refractivity contribution in [3.05, 3.63) is 0 Å². The Labute approximate surface area is 77.1 Å². The van der Waals surface area contributed by atoms with Gasteiger partial charge in [-0.15, -0.1) is 0 Å². The van der Waals surface area contributed by atoms with Crippen LogP contribution in [-0.2, 0) is 0 Å². The highest BCUT2D eigenvalue weighted by Gasteiger charge is 2.30. The highest BCUT2D eigenvalue weighted by Crippen LogP contribution is 2.33. The van der Waals surface area contributed by atoms with Gasteiger partial charge in [-0.25, -0.2) is 0 Å². The average Bonchev–Trinajstić information content (AvgIpc) is 2.29. The van der Waals surface area contributed by atoms with Crippen LogP contribution in [0.4, 0.5) is 0 Å². The third kappa shape index (κ3) is 2.01. The Kier molecular flexibility index (Phi) is 3.57. The van der Waals surface area contributed by atoms with Gasteiger partial charge < -0.3 is 4.90 Å². The summed E-state index contributed by atoms with van der Waals surface area (Å²) in [5, 5.41) is 0. The second-order valence-corrected chi connectivity index (χ2v) is 4.39. The quantitative estimate of drug-likeness (QED) is 0.574. The van der Waals surface area contributed by atoms with E-state index in [-0.39, 0.29) is 0 Å². The molecule has 1 aliphatic carbocycles. The molecule has 0 amide bonds. The molecule has 0 heterocycles. The lowest BCUT2D eigenvalue weighted by Crippen LogP contribution is -2.43. The lowest BCUT2D eigenvalue weighted by molar-refractivity contribution is 0.124. The number of hydrogen-bond acceptors (Lipinski definition) is 1. The molecule has 1 heteroatoms. The first-order chi connectivity index (χ1) is 5.71. The molecule has 12 heavy (non-hydrogen) atoms. The van der Waals surface area contributed by atoms with Crippen LogP contribution < -0.4 is 0 Å². The van der Waals surface area contributed by atoms with Crippen LogP contribution in [0.2, 0.25) is 0 Å². The molecule has 0 radical (unpaired) electrons. The molecule has 72 valence electrons. The van der Waals surface area contributed by atoms with E-state index in [0.29, 0.717) is 5.54 Å². The minimum absolute atomic E-state index is 0.538. The second kappa shape index (κ2) is 4.27. The molecule has 0 aliphatic heterocycles. The molecule has 0 atom stereocenters. The maximum Gasteiger partial charge on any atom is 0.0200 e. The molecule has 0 aromatic carbocycles. The molecule has 0 bridgehead atoms. The minimum Gasteiger partial charge on any atom is -0.304 e. The molecule has 1 rings (SSSR count). The molecule has 0 unspecified atom stereocenters. The maximum absolute atomic E-state index is 2.46. The second-order valence-electron chi connectivity index (χ2n) is 4.39. The molecule has 1 saturated carbocycles. The summed E-state index contributed by atoms with van der Waals surface area (Å²) in [6, 6.07) is 0. The van der Waals surface area contributed by atoms with E-state index in [4.69, 9.17) is 0 Å². The zero-order chi connectivity index (χ0) is 9.03. The van der Waals surface area contributed by atoms with Gasteiger partial charge in [0.2, 0.25) is 0 Å². The molecule has 1 aliphatic rings. The third-order valence-electron chi connectivity index (χ3n) is 3.64. The van der Waals surface area contributed by atoms with Gasteiger partial charge in [0.05, 0.1) is 0 Å². The standard InChI is InChI=1S/C11H23N/c1-4-11(12(2)3)9-7-5-6-8-10-11/h4-10H2,1-3H3. The topological polar surface area (TPSA) is 3.24 Å². The summed E-state index contributed by atoms with van der Waals surface area (Å²) in [4.78, 5) is 2.46. The number of rotatable bonds is 2. The lowest BCUT2D eigenvalue weighted by Gasteiger charge is -2.38. The van der Waals surface area contributed by atoms with Crippen molar-refractivity contribution in [2.24, 2.45) is 0 Å². The zero-order valence-electron chi connectivity index (χ0n) is 8.90. The maximum atomic E-state index is 2.46. The SMILES string of the molecule is CCC1(N(C)C)CCCCCC1. The summed E-state index contributed by atoms with van der Waals surface area (Å²) in [7, 11) is 4.49. The Hall–Kier alpha value is -0.0400. The van der Waals surface area contributed by atoms with E-state index in [1.807, 2.05) is 0 Å². The normalized spacial score (nSPS) is 24.0. The van der Waals surface area contributed by atoms with Crippen molar-refractivity contribution in [1.82, 2.24) is 4.90 Å². The summed E-state index contributed by atoms with van der Waals surface area (Å²) in [6.45, 7) is 2.34. The Morgan fingerprint density at radius 2 is 1.50 bits per heavy atom. The van der Waals surface area contributed by atoms with E-state index in [1.165, 1.54) is 44.9 Å². The third-order valence-corrected chi connectivity index (χ3v) is 3.64. The Bertz CT molecular complexity index is 121. The number of nitrogens with zero attached hydrogens (tertiary/aromatic N) is 1. The van der Waals surface area contributed by atoms with Crippen molar-refractivity contribution in [2.75, 3.05) is 14.1 Å². The molecule has 0 N–H and O–H groups in total. The molecular formula is C11H23N. The van der Waals surface area contributed by atoms with E-state index in [1.54, 1.807) is 0 Å². The van der Waals surface area contributed by atoms with Gasteiger partial charge in [-0.3, -0.25) is 0 Å². The van der Waals surface area contributed by atoms with E-state index in [2.05, 4.69) is 25.9 Å². The Balaban J connectivity index is 2.61. The summed E-state index contributed by atoms with van der Waals surface area (Å²) >= 11 is 0. The van der Waals surface area contributed by atoms with Gasteiger partial charge in [0.25, 0.3) is 0 Å². The van der Waals surface area contributed by atoms with Crippen molar-refractivity contribution in [2.45, 2.75) is 57.4 Å². The van der Waals surface area contributed by atoms with E-state index in [9.17, 15) is 0 Å². The van der Waals surface area contributed by atoms with Gasteiger partial charge in [0.1, 0.15) is 0 Å². The molecule has 0 aromatic heterocycles. The first-order valence-corrected chi connectivity index (χ1v) is 5.39. The van der Waals surface area contributed by atoms with Crippen LogP contribution in [0.15, 0.2) is 0 Å². The van der Waals surface area contributed by atoms with Gasteiger partial charge in [0.15, 0.2) is 0 Å². The molecule has 0 spiro atoms. The van der Waals surface area contributed by atoms with Crippen LogP contribution in [0.5, 0.6) is 0 Å². The lowest BCUT2D eigenvalue weighted by atomic mass is 9.86. The molecule has 1 nitrogen and oxygen atoms in total. The van der Waals surface area contributed by atoms with Crippen molar-refractivity contribution < 1.29 is 0 Å². The number of hydrogen-bond donors (Lipinski definition) is 0. The first kappa shape index (κ1) is 10.0. The van der Waals surface area contributed by atoms with Crippen LogP contribution in [-0.4, -0.2) is 24.5 Å². The smallest absolute Gasteiger partial charge is 0.0200 e. The van der Waals surface area contributed by atoms with Crippen LogP contribution in [0.1, 0.15) is 51.9 Å². The van der Waals surface area contributed by atoms with Gasteiger partial charge >= 0.3 is 0 Å². The van der Waals surface area contributed by atoms with Crippen molar-refractivity contribution in [1.29, 1.82) is 0 Å². The Morgan fingerprint density at radius 3 is 1.83 bits per heavy atom. The summed E-state index contributed by atoms with van der Waals surface area (Å²) in [5.74, 6) is 0. The molecule has 0 aromatic rings. The van der Waals surface area contributed by atoms with Crippen LogP contribution in [0, 0.1) is 0 Å². The molecule has 1 fully saturated rings. The summed E-state index contributed by atoms with van der Waals surface area (Å²) in [6.07, 6.45) is 9.93. The highest BCUT2D eigenvalue weighted by molar-refractivity contribution is 4.87. The van der Waals surface area contributed by atoms with Crippen molar-refractivity contribution >= 4 is 0 Å². The summed E-state index contributed by atoms with van der Waals surface area (Å²) in [5.41, 5.74) is 0.538. The van der Waals surface area contributed by atoms with Crippen LogP contribution in [0.25, 0.3) is 0 Å². The first-order valence-electron chi connectivity index (χ1n) is 5.39. The average molecular weight is 169 g/mol. The highest BCUT2D eigenvalue weighted by atomic mass is 15.1. The Morgan fingerprint density at radius 1 is 1.00 bits per heavy atom. The van der Waals surface area contributed by atoms with E-state index in [0.717, 1.165) is 0 Å². The van der Waals surface area contributed by atoms with E-state index >= 15 is 0 Å². The molecule has 0 saturated heterocycles. The van der Waals surface area contributed by atoms with E-state index < -0.39 is 0 Å². The van der Waals surface area contributed by atoms with Crippen molar-refractivity contribution in [3.8, 4) is 0 Å². The largest absolute Gasteiger partial charge is 0.304 e. The predicted molar refractivity (Wildman–Crippen MR) is 54.4 cm³/mol. The fourth-order valence-electron chi connectivity index (χ4n) is 2.50.